The van der Waals surface area contributed by atoms with E-state index in [9.17, 15) is 13.5 Å². The second-order valence-corrected chi connectivity index (χ2v) is 9.06. The molecule has 1 aliphatic heterocycles. The van der Waals surface area contributed by atoms with E-state index < -0.39 is 15.2 Å². The summed E-state index contributed by atoms with van der Waals surface area (Å²) in [6.45, 7) is 2.38. The second-order valence-electron chi connectivity index (χ2n) is 4.61. The van der Waals surface area contributed by atoms with E-state index in [-0.39, 0.29) is 12.4 Å². The molecule has 0 amide bonds. The summed E-state index contributed by atoms with van der Waals surface area (Å²) < 4.78 is 25.3. The van der Waals surface area contributed by atoms with Gasteiger partial charge in [-0.15, -0.1) is 0 Å². The molecule has 0 aliphatic carbocycles. The van der Waals surface area contributed by atoms with E-state index in [1.807, 2.05) is 23.1 Å². The third kappa shape index (κ3) is 3.32. The van der Waals surface area contributed by atoms with E-state index in [1.165, 1.54) is 0 Å². The van der Waals surface area contributed by atoms with Crippen molar-refractivity contribution in [2.24, 2.45) is 0 Å². The molecule has 1 heterocycles. The first kappa shape index (κ1) is 16.1. The lowest BCUT2D eigenvalue weighted by molar-refractivity contribution is 0.281. The molecule has 1 fully saturated rings. The fraction of sp³-hybridized carbons (Fsp3) is 0.538. The third-order valence-corrected chi connectivity index (χ3v) is 7.47. The summed E-state index contributed by atoms with van der Waals surface area (Å²) in [4.78, 5) is 1.96. The fourth-order valence-electron chi connectivity index (χ4n) is 2.21. The number of aliphatic hydroxyl groups is 1. The zero-order valence-electron chi connectivity index (χ0n) is 11.3. The Bertz CT molecular complexity index is 577. The maximum Gasteiger partial charge on any atom is 0.171 e. The van der Waals surface area contributed by atoms with Gasteiger partial charge < -0.3 is 10.0 Å². The van der Waals surface area contributed by atoms with Crippen molar-refractivity contribution >= 4 is 43.2 Å². The molecular weight excluding hydrogens is 362 g/mol. The van der Waals surface area contributed by atoms with Crippen LogP contribution in [0.1, 0.15) is 12.5 Å². The van der Waals surface area contributed by atoms with Gasteiger partial charge in [0.25, 0.3) is 0 Å². The number of halogens is 1. The van der Waals surface area contributed by atoms with Crippen molar-refractivity contribution in [3.63, 3.8) is 0 Å². The quantitative estimate of drug-likeness (QED) is 0.869. The molecule has 1 atom stereocenters. The van der Waals surface area contributed by atoms with Crippen LogP contribution in [0.3, 0.4) is 0 Å². The van der Waals surface area contributed by atoms with Crippen LogP contribution in [0.5, 0.6) is 0 Å². The van der Waals surface area contributed by atoms with Crippen LogP contribution >= 0.6 is 27.7 Å². The molecular formula is C13H18BrNO3S2. The molecule has 1 unspecified atom stereocenters. The number of hydrogen-bond acceptors (Lipinski definition) is 5. The lowest BCUT2D eigenvalue weighted by atomic mass is 10.2. The molecule has 0 spiro atoms. The van der Waals surface area contributed by atoms with Crippen molar-refractivity contribution in [2.75, 3.05) is 28.7 Å². The molecule has 20 heavy (non-hydrogen) atoms. The molecule has 0 radical (unpaired) electrons. The van der Waals surface area contributed by atoms with Crippen molar-refractivity contribution in [1.29, 1.82) is 0 Å². The van der Waals surface area contributed by atoms with Crippen LogP contribution in [-0.4, -0.2) is 42.7 Å². The highest BCUT2D eigenvalue weighted by atomic mass is 79.9. The van der Waals surface area contributed by atoms with Crippen molar-refractivity contribution in [2.45, 2.75) is 18.9 Å². The van der Waals surface area contributed by atoms with Crippen molar-refractivity contribution < 1.29 is 13.5 Å². The number of sulfone groups is 1. The van der Waals surface area contributed by atoms with Gasteiger partial charge in [0.05, 0.1) is 6.61 Å². The molecule has 0 saturated carbocycles. The van der Waals surface area contributed by atoms with Gasteiger partial charge in [-0.3, -0.25) is 0 Å². The molecule has 0 bridgehead atoms. The van der Waals surface area contributed by atoms with Crippen LogP contribution < -0.4 is 4.90 Å². The minimum Gasteiger partial charge on any atom is -0.392 e. The predicted molar refractivity (Wildman–Crippen MR) is 88.0 cm³/mol. The van der Waals surface area contributed by atoms with Crippen LogP contribution in [0.4, 0.5) is 5.69 Å². The van der Waals surface area contributed by atoms with Gasteiger partial charge in [0, 0.05) is 34.0 Å². The molecule has 2 rings (SSSR count). The zero-order chi connectivity index (χ0) is 14.8. The smallest absolute Gasteiger partial charge is 0.171 e. The molecule has 1 aliphatic rings. The minimum atomic E-state index is -3.11. The van der Waals surface area contributed by atoms with Crippen LogP contribution in [0.25, 0.3) is 0 Å². The summed E-state index contributed by atoms with van der Waals surface area (Å²) in [6.07, 6.45) is 0. The lowest BCUT2D eigenvalue weighted by Gasteiger charge is -2.36. The Morgan fingerprint density at radius 1 is 1.50 bits per heavy atom. The van der Waals surface area contributed by atoms with Gasteiger partial charge in [-0.1, -0.05) is 28.9 Å². The Balaban J connectivity index is 2.35. The van der Waals surface area contributed by atoms with Gasteiger partial charge in [-0.2, -0.15) is 11.8 Å². The van der Waals surface area contributed by atoms with Crippen LogP contribution in [0.15, 0.2) is 22.7 Å². The predicted octanol–water partition coefficient (Wildman–Crippen LogP) is 2.26. The average molecular weight is 380 g/mol. The standard InChI is InChI=1S/C13H18BrNO3S2/c1-2-20(17,18)13-9-19-6-5-15(13)11-4-3-10(8-16)12(14)7-11/h3-4,7,13,16H,2,5-6,8-9H2,1H3. The molecule has 1 aromatic carbocycles. The second kappa shape index (κ2) is 6.68. The van der Waals surface area contributed by atoms with Crippen molar-refractivity contribution in [3.8, 4) is 0 Å². The number of nitrogens with zero attached hydrogens (tertiary/aromatic N) is 1. The van der Waals surface area contributed by atoms with E-state index in [1.54, 1.807) is 18.7 Å². The minimum absolute atomic E-state index is 0.0343. The van der Waals surface area contributed by atoms with E-state index in [2.05, 4.69) is 15.9 Å². The number of anilines is 1. The monoisotopic (exact) mass is 379 g/mol. The van der Waals surface area contributed by atoms with Gasteiger partial charge in [-0.05, 0) is 17.7 Å². The van der Waals surface area contributed by atoms with Crippen molar-refractivity contribution in [3.05, 3.63) is 28.2 Å². The Hall–Kier alpha value is -0.240. The normalized spacial score (nSPS) is 20.1. The summed E-state index contributed by atoms with van der Waals surface area (Å²) in [5.74, 6) is 1.69. The number of thioether (sulfide) groups is 1. The molecule has 0 aromatic heterocycles. The fourth-order valence-corrected chi connectivity index (χ4v) is 5.69. The highest BCUT2D eigenvalue weighted by Crippen LogP contribution is 2.30. The maximum atomic E-state index is 12.2. The highest BCUT2D eigenvalue weighted by molar-refractivity contribution is 9.10. The summed E-state index contributed by atoms with van der Waals surface area (Å²) in [6, 6.07) is 5.60. The van der Waals surface area contributed by atoms with Gasteiger partial charge in [-0.25, -0.2) is 8.42 Å². The summed E-state index contributed by atoms with van der Waals surface area (Å²) >= 11 is 5.10. The van der Waals surface area contributed by atoms with Gasteiger partial charge >= 0.3 is 0 Å². The lowest BCUT2D eigenvalue weighted by Crippen LogP contribution is -2.48. The van der Waals surface area contributed by atoms with E-state index >= 15 is 0 Å². The first-order valence-electron chi connectivity index (χ1n) is 6.45. The summed E-state index contributed by atoms with van der Waals surface area (Å²) in [5, 5.41) is 8.74. The van der Waals surface area contributed by atoms with Crippen LogP contribution in [0.2, 0.25) is 0 Å². The van der Waals surface area contributed by atoms with Gasteiger partial charge in [0.1, 0.15) is 5.37 Å². The first-order chi connectivity index (χ1) is 9.49. The molecule has 1 saturated heterocycles. The van der Waals surface area contributed by atoms with Crippen molar-refractivity contribution in [1.82, 2.24) is 0 Å². The summed E-state index contributed by atoms with van der Waals surface area (Å²) in [5.41, 5.74) is 1.69. The Kier molecular flexibility index (Phi) is 5.39. The highest BCUT2D eigenvalue weighted by Gasteiger charge is 2.33. The number of rotatable bonds is 4. The molecule has 1 N–H and O–H groups in total. The Morgan fingerprint density at radius 3 is 2.85 bits per heavy atom. The topological polar surface area (TPSA) is 57.6 Å². The molecule has 7 heteroatoms. The average Bonchev–Trinajstić information content (AvgIpc) is 2.47. The molecule has 1 aromatic rings. The van der Waals surface area contributed by atoms with E-state index in [4.69, 9.17) is 0 Å². The van der Waals surface area contributed by atoms with Gasteiger partial charge in [0.2, 0.25) is 0 Å². The van der Waals surface area contributed by atoms with Crippen LogP contribution in [0, 0.1) is 0 Å². The Morgan fingerprint density at radius 2 is 2.25 bits per heavy atom. The van der Waals surface area contributed by atoms with Gasteiger partial charge in [0.15, 0.2) is 9.84 Å². The first-order valence-corrected chi connectivity index (χ1v) is 10.1. The van der Waals surface area contributed by atoms with Crippen LogP contribution in [-0.2, 0) is 16.4 Å². The summed E-state index contributed by atoms with van der Waals surface area (Å²) in [7, 11) is -3.11. The molecule has 112 valence electrons. The number of benzene rings is 1. The third-order valence-electron chi connectivity index (χ3n) is 3.44. The maximum absolute atomic E-state index is 12.2. The Labute approximate surface area is 132 Å². The zero-order valence-corrected chi connectivity index (χ0v) is 14.5. The SMILES string of the molecule is CCS(=O)(=O)C1CSCCN1c1ccc(CO)c(Br)c1. The van der Waals surface area contributed by atoms with E-state index in [0.717, 1.165) is 28.0 Å². The largest absolute Gasteiger partial charge is 0.392 e. The number of aliphatic hydroxyl groups excluding tert-OH is 1. The van der Waals surface area contributed by atoms with E-state index in [0.29, 0.717) is 5.75 Å². The number of hydrogen-bond donors (Lipinski definition) is 1. The molecule has 4 nitrogen and oxygen atoms in total.